The zero-order valence-corrected chi connectivity index (χ0v) is 16.1. The molecule has 4 nitrogen and oxygen atoms in total. The van der Waals surface area contributed by atoms with Gasteiger partial charge in [-0.2, -0.15) is 0 Å². The lowest BCUT2D eigenvalue weighted by atomic mass is 10.0. The van der Waals surface area contributed by atoms with Crippen LogP contribution in [0.1, 0.15) is 70.7 Å². The molecule has 0 aliphatic rings. The van der Waals surface area contributed by atoms with Gasteiger partial charge in [0.25, 0.3) is 0 Å². The number of hydrogen-bond acceptors (Lipinski definition) is 4. The molecule has 0 aliphatic carbocycles. The molecule has 0 saturated carbocycles. The first kappa shape index (κ1) is 18.6. The number of carbonyl (C=O) groups is 2. The number of aromatic amines is 1. The molecule has 0 bridgehead atoms. The molecule has 130 valence electrons. The number of ketones is 2. The molecule has 2 heterocycles. The van der Waals surface area contributed by atoms with Gasteiger partial charge in [0.1, 0.15) is 0 Å². The van der Waals surface area contributed by atoms with Crippen LogP contribution >= 0.6 is 11.3 Å². The van der Waals surface area contributed by atoms with Gasteiger partial charge < -0.3 is 4.98 Å². The molecule has 2 aromatic heterocycles. The maximum absolute atomic E-state index is 13.0. The fraction of sp³-hybridized carbons (Fsp3) is 0.474. The van der Waals surface area contributed by atoms with Gasteiger partial charge in [0.15, 0.2) is 11.6 Å². The molecule has 1 N–H and O–H groups in total. The summed E-state index contributed by atoms with van der Waals surface area (Å²) in [6.45, 7) is 12.2. The Morgan fingerprint density at radius 3 is 2.42 bits per heavy atom. The minimum absolute atomic E-state index is 0.00717. The highest BCUT2D eigenvalue weighted by Crippen LogP contribution is 2.28. The van der Waals surface area contributed by atoms with Crippen molar-refractivity contribution in [2.24, 2.45) is 0 Å². The van der Waals surface area contributed by atoms with Crippen molar-refractivity contribution >= 4 is 22.9 Å². The minimum Gasteiger partial charge on any atom is -0.355 e. The summed E-state index contributed by atoms with van der Waals surface area (Å²) in [5, 5.41) is 2.06. The molecule has 5 heteroatoms. The van der Waals surface area contributed by atoms with Crippen molar-refractivity contribution in [2.45, 2.75) is 53.6 Å². The number of rotatable bonds is 7. The predicted molar refractivity (Wildman–Crippen MR) is 99.2 cm³/mol. The number of thiophene rings is 1. The van der Waals surface area contributed by atoms with Crippen LogP contribution < -0.4 is 0 Å². The molecule has 2 atom stereocenters. The van der Waals surface area contributed by atoms with Crippen molar-refractivity contribution < 1.29 is 9.59 Å². The molecule has 2 rings (SSSR count). The van der Waals surface area contributed by atoms with Gasteiger partial charge in [0.2, 0.25) is 0 Å². The normalized spacial score (nSPS) is 14.0. The number of nitrogens with zero attached hydrogens (tertiary/aromatic N) is 1. The molecule has 0 amide bonds. The lowest BCUT2D eigenvalue weighted by Gasteiger charge is -2.32. The maximum atomic E-state index is 13.0. The van der Waals surface area contributed by atoms with E-state index in [4.69, 9.17) is 0 Å². The first-order valence-corrected chi connectivity index (χ1v) is 9.20. The van der Waals surface area contributed by atoms with E-state index >= 15 is 0 Å². The largest absolute Gasteiger partial charge is 0.355 e. The topological polar surface area (TPSA) is 53.2 Å². The van der Waals surface area contributed by atoms with E-state index in [1.54, 1.807) is 11.3 Å². The summed E-state index contributed by atoms with van der Waals surface area (Å²) in [7, 11) is 0. The van der Waals surface area contributed by atoms with E-state index in [-0.39, 0.29) is 23.7 Å². The second-order valence-corrected chi connectivity index (χ2v) is 7.22. The summed E-state index contributed by atoms with van der Waals surface area (Å²) in [4.78, 5) is 31.4. The van der Waals surface area contributed by atoms with Gasteiger partial charge in [-0.25, -0.2) is 0 Å². The average molecular weight is 346 g/mol. The van der Waals surface area contributed by atoms with Crippen molar-refractivity contribution in [1.82, 2.24) is 9.88 Å². The standard InChI is InChI=1S/C19H26N2O2S/c1-7-21(13(4)16-9-8-10-24-16)14(5)19(23)18-11(2)17(15(6)22)12(3)20-18/h8-10,13-14,20H,7H2,1-6H3. The van der Waals surface area contributed by atoms with Crippen molar-refractivity contribution in [3.05, 3.63) is 44.9 Å². The lowest BCUT2D eigenvalue weighted by Crippen LogP contribution is -2.40. The third kappa shape index (κ3) is 3.37. The maximum Gasteiger partial charge on any atom is 0.196 e. The van der Waals surface area contributed by atoms with Gasteiger partial charge in [0.05, 0.1) is 11.7 Å². The van der Waals surface area contributed by atoms with Crippen molar-refractivity contribution in [3.8, 4) is 0 Å². The molecular formula is C19H26N2O2S. The van der Waals surface area contributed by atoms with Crippen LogP contribution in [0.15, 0.2) is 17.5 Å². The molecule has 0 aliphatic heterocycles. The van der Waals surface area contributed by atoms with Crippen LogP contribution in [0.5, 0.6) is 0 Å². The quantitative estimate of drug-likeness (QED) is 0.748. The number of Topliss-reactive ketones (excluding diaryl/α,β-unsaturated/α-hetero) is 2. The molecule has 0 aromatic carbocycles. The molecule has 0 radical (unpaired) electrons. The van der Waals surface area contributed by atoms with Gasteiger partial charge in [-0.15, -0.1) is 11.3 Å². The summed E-state index contributed by atoms with van der Waals surface area (Å²) in [5.74, 6) is 0.0283. The van der Waals surface area contributed by atoms with Crippen LogP contribution in [0.25, 0.3) is 0 Å². The van der Waals surface area contributed by atoms with Crippen molar-refractivity contribution in [3.63, 3.8) is 0 Å². The van der Waals surface area contributed by atoms with E-state index in [1.165, 1.54) is 11.8 Å². The molecule has 0 spiro atoms. The Balaban J connectivity index is 2.31. The SMILES string of the molecule is CCN(C(C)C(=O)c1[nH]c(C)c(C(C)=O)c1C)C(C)c1cccs1. The van der Waals surface area contributed by atoms with E-state index in [0.29, 0.717) is 11.3 Å². The summed E-state index contributed by atoms with van der Waals surface area (Å²) in [5.41, 5.74) is 2.73. The highest BCUT2D eigenvalue weighted by molar-refractivity contribution is 7.10. The smallest absolute Gasteiger partial charge is 0.196 e. The number of hydrogen-bond donors (Lipinski definition) is 1. The predicted octanol–water partition coefficient (Wildman–Crippen LogP) is 4.55. The van der Waals surface area contributed by atoms with E-state index in [1.807, 2.05) is 26.8 Å². The first-order chi connectivity index (χ1) is 11.3. The Bertz CT molecular complexity index is 731. The van der Waals surface area contributed by atoms with Gasteiger partial charge in [0, 0.05) is 22.2 Å². The van der Waals surface area contributed by atoms with E-state index in [0.717, 1.165) is 17.8 Å². The van der Waals surface area contributed by atoms with Gasteiger partial charge in [-0.3, -0.25) is 14.5 Å². The van der Waals surface area contributed by atoms with Crippen molar-refractivity contribution in [1.29, 1.82) is 0 Å². The third-order valence-corrected chi connectivity index (χ3v) is 5.77. The van der Waals surface area contributed by atoms with Crippen LogP contribution in [0.3, 0.4) is 0 Å². The second-order valence-electron chi connectivity index (χ2n) is 6.24. The number of nitrogens with one attached hydrogen (secondary N) is 1. The molecule has 2 aromatic rings. The first-order valence-electron chi connectivity index (χ1n) is 8.33. The molecular weight excluding hydrogens is 320 g/mol. The number of carbonyl (C=O) groups excluding carboxylic acids is 2. The lowest BCUT2D eigenvalue weighted by molar-refractivity contribution is 0.0783. The molecule has 0 fully saturated rings. The fourth-order valence-electron chi connectivity index (χ4n) is 3.46. The van der Waals surface area contributed by atoms with E-state index < -0.39 is 0 Å². The summed E-state index contributed by atoms with van der Waals surface area (Å²) >= 11 is 1.71. The van der Waals surface area contributed by atoms with Crippen molar-refractivity contribution in [2.75, 3.05) is 6.54 Å². The van der Waals surface area contributed by atoms with Gasteiger partial charge >= 0.3 is 0 Å². The van der Waals surface area contributed by atoms with Gasteiger partial charge in [-0.05, 0) is 58.2 Å². The second kappa shape index (κ2) is 7.45. The fourth-order valence-corrected chi connectivity index (χ4v) is 4.26. The average Bonchev–Trinajstić information content (AvgIpc) is 3.15. The molecule has 0 saturated heterocycles. The Morgan fingerprint density at radius 2 is 1.96 bits per heavy atom. The zero-order valence-electron chi connectivity index (χ0n) is 15.3. The van der Waals surface area contributed by atoms with E-state index in [2.05, 4.69) is 35.2 Å². The minimum atomic E-state index is -0.261. The molecule has 2 unspecified atom stereocenters. The van der Waals surface area contributed by atoms with Gasteiger partial charge in [-0.1, -0.05) is 13.0 Å². The number of H-pyrrole nitrogens is 1. The zero-order chi connectivity index (χ0) is 18.0. The van der Waals surface area contributed by atoms with E-state index in [9.17, 15) is 9.59 Å². The summed E-state index contributed by atoms with van der Waals surface area (Å²) in [6.07, 6.45) is 0. The number of aromatic nitrogens is 1. The monoisotopic (exact) mass is 346 g/mol. The highest BCUT2D eigenvalue weighted by Gasteiger charge is 2.29. The van der Waals surface area contributed by atoms with Crippen LogP contribution in [0.4, 0.5) is 0 Å². The highest BCUT2D eigenvalue weighted by atomic mass is 32.1. The third-order valence-electron chi connectivity index (χ3n) is 4.73. The van der Waals surface area contributed by atoms with Crippen LogP contribution in [-0.4, -0.2) is 34.0 Å². The Kier molecular flexibility index (Phi) is 5.78. The van der Waals surface area contributed by atoms with Crippen LogP contribution in [-0.2, 0) is 0 Å². The molecule has 24 heavy (non-hydrogen) atoms. The number of likely N-dealkylation sites (N-methyl/N-ethyl adjacent to an activating group) is 1. The Morgan fingerprint density at radius 1 is 1.29 bits per heavy atom. The number of aryl methyl sites for hydroxylation is 1. The Labute approximate surface area is 147 Å². The summed E-state index contributed by atoms with van der Waals surface area (Å²) in [6, 6.07) is 4.06. The van der Waals surface area contributed by atoms with Crippen LogP contribution in [0.2, 0.25) is 0 Å². The van der Waals surface area contributed by atoms with Crippen LogP contribution in [0, 0.1) is 13.8 Å². The Hall–Kier alpha value is -1.72. The summed E-state index contributed by atoms with van der Waals surface area (Å²) < 4.78 is 0.